The van der Waals surface area contributed by atoms with Gasteiger partial charge in [0.25, 0.3) is 5.91 Å². The summed E-state index contributed by atoms with van der Waals surface area (Å²) in [5.74, 6) is -0.530. The van der Waals surface area contributed by atoms with E-state index in [2.05, 4.69) is 25.6 Å². The van der Waals surface area contributed by atoms with Gasteiger partial charge in [-0.25, -0.2) is 9.97 Å². The Morgan fingerprint density at radius 3 is 2.55 bits per heavy atom. The van der Waals surface area contributed by atoms with E-state index in [4.69, 9.17) is 0 Å². The molecule has 2 heterocycles. The van der Waals surface area contributed by atoms with Gasteiger partial charge in [0.2, 0.25) is 5.95 Å². The summed E-state index contributed by atoms with van der Waals surface area (Å²) in [4.78, 5) is 25.4. The number of nitrogens with zero attached hydrogens (tertiary/aromatic N) is 3. The summed E-state index contributed by atoms with van der Waals surface area (Å²) in [7, 11) is 0. The molecule has 6 nitrogen and oxygen atoms in total. The van der Waals surface area contributed by atoms with Crippen molar-refractivity contribution in [2.75, 3.05) is 10.6 Å². The number of aryl methyl sites for hydroxylation is 1. The second-order valence-corrected chi connectivity index (χ2v) is 7.16. The minimum atomic E-state index is -4.63. The van der Waals surface area contributed by atoms with Crippen molar-refractivity contribution in [3.63, 3.8) is 0 Å². The largest absolute Gasteiger partial charge is 0.417 e. The van der Waals surface area contributed by atoms with Crippen molar-refractivity contribution >= 4 is 23.2 Å². The first-order valence-electron chi connectivity index (χ1n) is 9.90. The number of halogens is 3. The van der Waals surface area contributed by atoms with Gasteiger partial charge in [-0.1, -0.05) is 18.2 Å². The van der Waals surface area contributed by atoms with Crippen molar-refractivity contribution in [3.8, 4) is 11.3 Å². The molecule has 166 valence electrons. The molecule has 0 bridgehead atoms. The number of carbonyl (C=O) groups excluding carboxylic acids is 1. The van der Waals surface area contributed by atoms with Crippen molar-refractivity contribution in [2.45, 2.75) is 13.1 Å². The van der Waals surface area contributed by atoms with Gasteiger partial charge in [-0.2, -0.15) is 13.2 Å². The van der Waals surface area contributed by atoms with E-state index in [1.54, 1.807) is 48.9 Å². The molecule has 33 heavy (non-hydrogen) atoms. The lowest BCUT2D eigenvalue weighted by molar-refractivity contribution is -0.137. The number of carbonyl (C=O) groups is 1. The maximum atomic E-state index is 13.3. The van der Waals surface area contributed by atoms with E-state index in [0.29, 0.717) is 23.0 Å². The van der Waals surface area contributed by atoms with Gasteiger partial charge in [-0.15, -0.1) is 0 Å². The fourth-order valence-corrected chi connectivity index (χ4v) is 3.18. The Bertz CT molecular complexity index is 1290. The lowest BCUT2D eigenvalue weighted by Crippen LogP contribution is -2.18. The number of amides is 1. The molecule has 0 unspecified atom stereocenters. The highest BCUT2D eigenvalue weighted by Crippen LogP contribution is 2.32. The molecule has 4 rings (SSSR count). The molecular formula is C24H18F3N5O. The van der Waals surface area contributed by atoms with E-state index in [-0.39, 0.29) is 0 Å². The topological polar surface area (TPSA) is 79.8 Å². The zero-order chi connectivity index (χ0) is 23.4. The average molecular weight is 449 g/mol. The van der Waals surface area contributed by atoms with Crippen LogP contribution < -0.4 is 10.6 Å². The molecule has 2 aromatic carbocycles. The smallest absolute Gasteiger partial charge is 0.324 e. The normalized spacial score (nSPS) is 11.2. The SMILES string of the molecule is Cc1ccc(NC(=O)c2ccccc2C(F)(F)F)cc1Nc1nccc(-c2cccnc2)n1. The summed E-state index contributed by atoms with van der Waals surface area (Å²) in [6.45, 7) is 1.85. The molecule has 2 N–H and O–H groups in total. The predicted molar refractivity (Wildman–Crippen MR) is 119 cm³/mol. The maximum Gasteiger partial charge on any atom is 0.417 e. The Kier molecular flexibility index (Phi) is 6.03. The highest BCUT2D eigenvalue weighted by molar-refractivity contribution is 6.05. The molecule has 0 fully saturated rings. The monoisotopic (exact) mass is 449 g/mol. The number of aromatic nitrogens is 3. The molecule has 0 aliphatic carbocycles. The molecule has 4 aromatic rings. The molecular weight excluding hydrogens is 431 g/mol. The van der Waals surface area contributed by atoms with Crippen LogP contribution in [0.25, 0.3) is 11.3 Å². The number of alkyl halides is 3. The van der Waals surface area contributed by atoms with Gasteiger partial charge in [0, 0.05) is 35.5 Å². The number of rotatable bonds is 5. The van der Waals surface area contributed by atoms with Crippen molar-refractivity contribution in [1.29, 1.82) is 0 Å². The van der Waals surface area contributed by atoms with E-state index >= 15 is 0 Å². The highest BCUT2D eigenvalue weighted by Gasteiger charge is 2.34. The molecule has 0 aliphatic rings. The van der Waals surface area contributed by atoms with Gasteiger partial charge < -0.3 is 10.6 Å². The van der Waals surface area contributed by atoms with Crippen LogP contribution in [0.2, 0.25) is 0 Å². The third-order valence-corrected chi connectivity index (χ3v) is 4.83. The van der Waals surface area contributed by atoms with E-state index in [1.807, 2.05) is 13.0 Å². The first kappa shape index (κ1) is 21.9. The molecule has 0 saturated heterocycles. The second kappa shape index (κ2) is 9.07. The van der Waals surface area contributed by atoms with Crippen LogP contribution in [-0.2, 0) is 6.18 Å². The zero-order valence-corrected chi connectivity index (χ0v) is 17.4. The quantitative estimate of drug-likeness (QED) is 0.399. The van der Waals surface area contributed by atoms with Crippen LogP contribution in [0, 0.1) is 6.92 Å². The first-order valence-corrected chi connectivity index (χ1v) is 9.90. The lowest BCUT2D eigenvalue weighted by atomic mass is 10.1. The van der Waals surface area contributed by atoms with Crippen LogP contribution in [0.5, 0.6) is 0 Å². The van der Waals surface area contributed by atoms with Gasteiger partial charge in [0.05, 0.1) is 16.8 Å². The second-order valence-electron chi connectivity index (χ2n) is 7.16. The van der Waals surface area contributed by atoms with Crippen LogP contribution in [0.15, 0.2) is 79.3 Å². The summed E-state index contributed by atoms with van der Waals surface area (Å²) < 4.78 is 39.8. The lowest BCUT2D eigenvalue weighted by Gasteiger charge is -2.14. The average Bonchev–Trinajstić information content (AvgIpc) is 2.81. The van der Waals surface area contributed by atoms with Crippen LogP contribution in [0.1, 0.15) is 21.5 Å². The van der Waals surface area contributed by atoms with Crippen molar-refractivity contribution < 1.29 is 18.0 Å². The molecule has 2 aromatic heterocycles. The molecule has 9 heteroatoms. The Balaban J connectivity index is 1.57. The number of anilines is 3. The Labute approximate surface area is 187 Å². The summed E-state index contributed by atoms with van der Waals surface area (Å²) in [6.07, 6.45) is 0.323. The van der Waals surface area contributed by atoms with Gasteiger partial charge in [0.1, 0.15) is 0 Å². The minimum absolute atomic E-state index is 0.324. The van der Waals surface area contributed by atoms with Gasteiger partial charge >= 0.3 is 6.18 Å². The number of pyridine rings is 1. The third kappa shape index (κ3) is 5.15. The molecule has 0 radical (unpaired) electrons. The van der Waals surface area contributed by atoms with Crippen molar-refractivity contribution in [1.82, 2.24) is 15.0 Å². The van der Waals surface area contributed by atoms with Gasteiger partial charge in [0.15, 0.2) is 0 Å². The minimum Gasteiger partial charge on any atom is -0.324 e. The fraction of sp³-hybridized carbons (Fsp3) is 0.0833. The summed E-state index contributed by atoms with van der Waals surface area (Å²) in [6, 6.07) is 15.0. The Hall–Kier alpha value is -4.27. The van der Waals surface area contributed by atoms with Crippen LogP contribution in [-0.4, -0.2) is 20.9 Å². The predicted octanol–water partition coefficient (Wildman–Crippen LogP) is 5.86. The van der Waals surface area contributed by atoms with Crippen molar-refractivity contribution in [3.05, 3.63) is 95.9 Å². The number of nitrogens with one attached hydrogen (secondary N) is 2. The standard InChI is InChI=1S/C24H18F3N5O/c1-15-8-9-17(30-22(33)18-6-2-3-7-19(18)24(25,26)27)13-21(15)32-23-29-12-10-20(31-23)16-5-4-11-28-14-16/h2-14H,1H3,(H,30,33)(H,29,31,32). The van der Waals surface area contributed by atoms with Crippen molar-refractivity contribution in [2.24, 2.45) is 0 Å². The molecule has 0 saturated carbocycles. The zero-order valence-electron chi connectivity index (χ0n) is 17.4. The Morgan fingerprint density at radius 1 is 0.970 bits per heavy atom. The summed E-state index contributed by atoms with van der Waals surface area (Å²) in [5, 5.41) is 5.63. The molecule has 0 atom stereocenters. The first-order chi connectivity index (χ1) is 15.8. The van der Waals surface area contributed by atoms with E-state index < -0.39 is 23.2 Å². The number of hydrogen-bond donors (Lipinski definition) is 2. The third-order valence-electron chi connectivity index (χ3n) is 4.83. The van der Waals surface area contributed by atoms with E-state index in [1.165, 1.54) is 12.1 Å². The molecule has 1 amide bonds. The Morgan fingerprint density at radius 2 is 1.79 bits per heavy atom. The van der Waals surface area contributed by atoms with E-state index in [9.17, 15) is 18.0 Å². The van der Waals surface area contributed by atoms with Crippen LogP contribution >= 0.6 is 0 Å². The van der Waals surface area contributed by atoms with Crippen LogP contribution in [0.4, 0.5) is 30.5 Å². The summed E-state index contributed by atoms with van der Waals surface area (Å²) in [5.41, 5.74) is 1.81. The van der Waals surface area contributed by atoms with Gasteiger partial charge in [-0.3, -0.25) is 9.78 Å². The number of hydrogen-bond acceptors (Lipinski definition) is 5. The van der Waals surface area contributed by atoms with E-state index in [0.717, 1.165) is 23.3 Å². The molecule has 0 spiro atoms. The van der Waals surface area contributed by atoms with Gasteiger partial charge in [-0.05, 0) is 55.0 Å². The van der Waals surface area contributed by atoms with Crippen LogP contribution in [0.3, 0.4) is 0 Å². The maximum absolute atomic E-state index is 13.3. The summed E-state index contributed by atoms with van der Waals surface area (Å²) >= 11 is 0. The number of benzene rings is 2. The molecule has 0 aliphatic heterocycles. The highest BCUT2D eigenvalue weighted by atomic mass is 19.4. The fourth-order valence-electron chi connectivity index (χ4n) is 3.18.